The second kappa shape index (κ2) is 5.91. The fourth-order valence-electron chi connectivity index (χ4n) is 4.97. The third-order valence-electron chi connectivity index (χ3n) is 6.49. The van der Waals surface area contributed by atoms with Crippen molar-refractivity contribution in [2.75, 3.05) is 0 Å². The smallest absolute Gasteiger partial charge is 0.255 e. The Labute approximate surface area is 164 Å². The van der Waals surface area contributed by atoms with Gasteiger partial charge in [-0.25, -0.2) is 0 Å². The van der Waals surface area contributed by atoms with Gasteiger partial charge in [-0.1, -0.05) is 19.1 Å². The highest BCUT2D eigenvalue weighted by atomic mass is 16.3. The Morgan fingerprint density at radius 1 is 1.21 bits per heavy atom. The van der Waals surface area contributed by atoms with E-state index in [1.54, 1.807) is 19.1 Å². The van der Waals surface area contributed by atoms with Crippen molar-refractivity contribution in [2.45, 2.75) is 30.9 Å². The van der Waals surface area contributed by atoms with Crippen LogP contribution in [0.4, 0.5) is 0 Å². The Balaban J connectivity index is 2.00. The van der Waals surface area contributed by atoms with Crippen LogP contribution in [-0.2, 0) is 14.4 Å². The summed E-state index contributed by atoms with van der Waals surface area (Å²) in [5.41, 5.74) is 7.98. The predicted molar refractivity (Wildman–Crippen MR) is 99.5 cm³/mol. The second-order valence-electron chi connectivity index (χ2n) is 7.81. The number of phenols is 1. The van der Waals surface area contributed by atoms with Gasteiger partial charge in [0, 0.05) is 11.5 Å². The highest BCUT2D eigenvalue weighted by Crippen LogP contribution is 2.55. The van der Waals surface area contributed by atoms with Gasteiger partial charge in [-0.05, 0) is 29.9 Å². The van der Waals surface area contributed by atoms with Crippen LogP contribution in [0.5, 0.6) is 5.75 Å². The summed E-state index contributed by atoms with van der Waals surface area (Å²) in [4.78, 5) is 37.5. The number of aliphatic hydroxyl groups is 3. The maximum Gasteiger partial charge on any atom is 0.255 e. The van der Waals surface area contributed by atoms with Gasteiger partial charge in [0.2, 0.25) is 5.78 Å². The zero-order valence-corrected chi connectivity index (χ0v) is 15.4. The number of hydrogen-bond donors (Lipinski definition) is 6. The van der Waals surface area contributed by atoms with Crippen LogP contribution in [0.1, 0.15) is 30.4 Å². The lowest BCUT2D eigenvalue weighted by Gasteiger charge is -2.49. The SMILES string of the molecule is C[C@@H]1c2cccc(O)c2C(O)=C2C(=O)[C@]3(O)C(O)=C(C(N)=O)C(=O)[C@@H](N)[C@@H]3C[C@@H]21. The number of fused-ring (bicyclic) bond motifs is 3. The van der Waals surface area contributed by atoms with Gasteiger partial charge in [-0.15, -0.1) is 0 Å². The van der Waals surface area contributed by atoms with Gasteiger partial charge in [-0.3, -0.25) is 14.4 Å². The Morgan fingerprint density at radius 2 is 1.86 bits per heavy atom. The number of rotatable bonds is 1. The molecule has 5 atom stereocenters. The molecule has 0 aromatic heterocycles. The number of carbonyl (C=O) groups is 3. The van der Waals surface area contributed by atoms with E-state index in [1.807, 2.05) is 0 Å². The van der Waals surface area contributed by atoms with Gasteiger partial charge in [0.15, 0.2) is 11.4 Å². The fraction of sp³-hybridized carbons (Fsp3) is 0.350. The molecule has 3 aliphatic rings. The molecule has 1 fully saturated rings. The van der Waals surface area contributed by atoms with Crippen LogP contribution in [0.25, 0.3) is 5.76 Å². The molecule has 9 heteroatoms. The first kappa shape index (κ1) is 19.2. The van der Waals surface area contributed by atoms with Crippen LogP contribution in [-0.4, -0.2) is 49.5 Å². The number of benzene rings is 1. The van der Waals surface area contributed by atoms with Crippen molar-refractivity contribution in [3.63, 3.8) is 0 Å². The quantitative estimate of drug-likeness (QED) is 0.353. The summed E-state index contributed by atoms with van der Waals surface area (Å²) in [6, 6.07) is 3.22. The number of ketones is 2. The monoisotopic (exact) mass is 400 g/mol. The van der Waals surface area contributed by atoms with E-state index in [0.29, 0.717) is 5.56 Å². The Bertz CT molecular complexity index is 1060. The van der Waals surface area contributed by atoms with E-state index < -0.39 is 58.0 Å². The van der Waals surface area contributed by atoms with E-state index >= 15 is 0 Å². The van der Waals surface area contributed by atoms with Crippen molar-refractivity contribution in [3.8, 4) is 5.75 Å². The van der Waals surface area contributed by atoms with Crippen LogP contribution >= 0.6 is 0 Å². The molecule has 1 aromatic carbocycles. The molecule has 3 aliphatic carbocycles. The van der Waals surface area contributed by atoms with Gasteiger partial charge in [0.1, 0.15) is 22.8 Å². The maximum absolute atomic E-state index is 13.4. The normalized spacial score (nSPS) is 33.9. The Hall–Kier alpha value is -3.17. The molecule has 0 spiro atoms. The summed E-state index contributed by atoms with van der Waals surface area (Å²) in [7, 11) is 0. The zero-order chi connectivity index (χ0) is 21.4. The van der Waals surface area contributed by atoms with Crippen molar-refractivity contribution in [1.29, 1.82) is 0 Å². The molecule has 0 heterocycles. The molecule has 0 saturated heterocycles. The lowest BCUT2D eigenvalue weighted by atomic mass is 9.56. The highest BCUT2D eigenvalue weighted by molar-refractivity contribution is 6.24. The topological polar surface area (TPSA) is 184 Å². The summed E-state index contributed by atoms with van der Waals surface area (Å²) in [6.07, 6.45) is -0.0130. The molecule has 0 aliphatic heterocycles. The first-order chi connectivity index (χ1) is 13.5. The third-order valence-corrected chi connectivity index (χ3v) is 6.49. The number of primary amides is 1. The summed E-state index contributed by atoms with van der Waals surface area (Å²) in [5, 5.41) is 42.7. The van der Waals surface area contributed by atoms with Crippen LogP contribution in [0, 0.1) is 11.8 Å². The molecule has 0 unspecified atom stereocenters. The zero-order valence-electron chi connectivity index (χ0n) is 15.4. The molecule has 152 valence electrons. The minimum absolute atomic E-state index is 0.0130. The summed E-state index contributed by atoms with van der Waals surface area (Å²) < 4.78 is 0. The Morgan fingerprint density at radius 3 is 2.48 bits per heavy atom. The standard InChI is InChI=1S/C20H20N2O7/c1-6-7-3-2-4-10(23)11(7)15(24)12-8(6)5-9-14(21)16(25)13(19(22)28)18(27)20(9,29)17(12)26/h2-4,6,8-9,14,23-24,27,29H,5,21H2,1H3,(H2,22,28)/t6-,8-,9+,14+,20+/m1/s1. The predicted octanol–water partition coefficient (Wildman–Crippen LogP) is -0.0779. The molecule has 4 rings (SSSR count). The molecule has 8 N–H and O–H groups in total. The van der Waals surface area contributed by atoms with Crippen LogP contribution < -0.4 is 11.5 Å². The lowest BCUT2D eigenvalue weighted by Crippen LogP contribution is -2.65. The molecule has 1 amide bonds. The summed E-state index contributed by atoms with van der Waals surface area (Å²) in [5.74, 6) is -7.44. The fourth-order valence-corrected chi connectivity index (χ4v) is 4.97. The van der Waals surface area contributed by atoms with Crippen molar-refractivity contribution in [3.05, 3.63) is 46.2 Å². The number of amides is 1. The molecular weight excluding hydrogens is 380 g/mol. The van der Waals surface area contributed by atoms with Crippen LogP contribution in [0.2, 0.25) is 0 Å². The minimum Gasteiger partial charge on any atom is -0.508 e. The molecule has 1 saturated carbocycles. The van der Waals surface area contributed by atoms with Crippen molar-refractivity contribution < 1.29 is 34.8 Å². The number of phenolic OH excluding ortho intramolecular Hbond substituents is 1. The number of aliphatic hydroxyl groups excluding tert-OH is 2. The number of carbonyl (C=O) groups excluding carboxylic acids is 3. The minimum atomic E-state index is -2.68. The van der Waals surface area contributed by atoms with Gasteiger partial charge in [0.25, 0.3) is 5.91 Å². The largest absolute Gasteiger partial charge is 0.508 e. The number of aromatic hydroxyl groups is 1. The van der Waals surface area contributed by atoms with E-state index in [1.165, 1.54) is 6.07 Å². The molecule has 1 aromatic rings. The van der Waals surface area contributed by atoms with E-state index in [9.17, 15) is 34.8 Å². The number of hydrogen-bond acceptors (Lipinski definition) is 8. The second-order valence-corrected chi connectivity index (χ2v) is 7.81. The van der Waals surface area contributed by atoms with Gasteiger partial charge >= 0.3 is 0 Å². The van der Waals surface area contributed by atoms with Gasteiger partial charge in [-0.2, -0.15) is 0 Å². The van der Waals surface area contributed by atoms with Crippen LogP contribution in [0.3, 0.4) is 0 Å². The number of nitrogens with two attached hydrogens (primary N) is 2. The highest BCUT2D eigenvalue weighted by Gasteiger charge is 2.63. The average molecular weight is 400 g/mol. The molecular formula is C20H20N2O7. The van der Waals surface area contributed by atoms with E-state index in [4.69, 9.17) is 11.5 Å². The third kappa shape index (κ3) is 2.19. The molecule has 29 heavy (non-hydrogen) atoms. The molecule has 9 nitrogen and oxygen atoms in total. The van der Waals surface area contributed by atoms with Gasteiger partial charge in [0.05, 0.1) is 11.6 Å². The van der Waals surface area contributed by atoms with E-state index in [2.05, 4.69) is 0 Å². The van der Waals surface area contributed by atoms with Crippen molar-refractivity contribution in [1.82, 2.24) is 0 Å². The first-order valence-electron chi connectivity index (χ1n) is 9.09. The van der Waals surface area contributed by atoms with Crippen LogP contribution in [0.15, 0.2) is 35.1 Å². The molecule has 0 bridgehead atoms. The van der Waals surface area contributed by atoms with Crippen molar-refractivity contribution >= 4 is 23.2 Å². The lowest BCUT2D eigenvalue weighted by molar-refractivity contribution is -0.149. The first-order valence-corrected chi connectivity index (χ1v) is 9.09. The molecule has 0 radical (unpaired) electrons. The summed E-state index contributed by atoms with van der Waals surface area (Å²) >= 11 is 0. The maximum atomic E-state index is 13.4. The number of Topliss-reactive ketones (excluding diaryl/α,β-unsaturated/α-hetero) is 2. The Kier molecular flexibility index (Phi) is 3.91. The van der Waals surface area contributed by atoms with Crippen molar-refractivity contribution in [2.24, 2.45) is 23.3 Å². The van der Waals surface area contributed by atoms with E-state index in [-0.39, 0.29) is 29.2 Å². The average Bonchev–Trinajstić information content (AvgIpc) is 2.66. The van der Waals surface area contributed by atoms with Gasteiger partial charge < -0.3 is 31.9 Å². The summed E-state index contributed by atoms with van der Waals surface area (Å²) in [6.45, 7) is 1.79. The van der Waals surface area contributed by atoms with E-state index in [0.717, 1.165) is 0 Å².